The normalized spacial score (nSPS) is 21.9. The average Bonchev–Trinajstić information content (AvgIpc) is 2.25. The zero-order valence-electron chi connectivity index (χ0n) is 10.7. The highest BCUT2D eigenvalue weighted by atomic mass is 19.1. The fourth-order valence-corrected chi connectivity index (χ4v) is 2.67. The molecule has 90 valence electrons. The smallest absolute Gasteiger partial charge is 0.143 e. The molecule has 2 rings (SSSR count). The van der Waals surface area contributed by atoms with E-state index in [-0.39, 0.29) is 11.1 Å². The van der Waals surface area contributed by atoms with Crippen LogP contribution in [0, 0.1) is 17.1 Å². The highest BCUT2D eigenvalue weighted by Crippen LogP contribution is 2.43. The maximum atomic E-state index is 13.7. The summed E-state index contributed by atoms with van der Waals surface area (Å²) in [6.07, 6.45) is 1.01. The molecule has 0 amide bonds. The first-order valence-electron chi connectivity index (χ1n) is 5.84. The third-order valence-electron chi connectivity index (χ3n) is 3.84. The molecule has 0 bridgehead atoms. The molecule has 0 aliphatic carbocycles. The van der Waals surface area contributed by atoms with Gasteiger partial charge in [-0.25, -0.2) is 4.39 Å². The van der Waals surface area contributed by atoms with Gasteiger partial charge in [0, 0.05) is 18.3 Å². The number of anilines is 1. The van der Waals surface area contributed by atoms with E-state index in [4.69, 9.17) is 5.26 Å². The summed E-state index contributed by atoms with van der Waals surface area (Å²) in [5.41, 5.74) is 2.14. The minimum atomic E-state index is -0.428. The second-order valence-electron chi connectivity index (χ2n) is 5.48. The van der Waals surface area contributed by atoms with Crippen molar-refractivity contribution < 1.29 is 4.39 Å². The monoisotopic (exact) mass is 232 g/mol. The van der Waals surface area contributed by atoms with Crippen molar-refractivity contribution in [1.29, 1.82) is 5.26 Å². The van der Waals surface area contributed by atoms with Gasteiger partial charge in [0.1, 0.15) is 11.9 Å². The molecule has 1 aromatic rings. The highest BCUT2D eigenvalue weighted by Gasteiger charge is 2.34. The van der Waals surface area contributed by atoms with Crippen LogP contribution in [0.25, 0.3) is 0 Å². The molecule has 1 aromatic carbocycles. The molecule has 0 radical (unpaired) electrons. The van der Waals surface area contributed by atoms with Crippen molar-refractivity contribution in [3.63, 3.8) is 0 Å². The first-order chi connectivity index (χ1) is 7.86. The van der Waals surface area contributed by atoms with E-state index in [0.29, 0.717) is 5.92 Å². The van der Waals surface area contributed by atoms with E-state index in [1.165, 1.54) is 6.07 Å². The lowest BCUT2D eigenvalue weighted by Gasteiger charge is -2.45. The number of nitrogens with zero attached hydrogens (tertiary/aromatic N) is 2. The molecule has 0 spiro atoms. The minimum absolute atomic E-state index is 0.0208. The van der Waals surface area contributed by atoms with E-state index in [1.54, 1.807) is 6.07 Å². The largest absolute Gasteiger partial charge is 0.369 e. The number of fused-ring (bicyclic) bond motifs is 1. The molecular weight excluding hydrogens is 215 g/mol. The van der Waals surface area contributed by atoms with Crippen molar-refractivity contribution in [2.24, 2.45) is 0 Å². The van der Waals surface area contributed by atoms with Gasteiger partial charge in [-0.3, -0.25) is 0 Å². The summed E-state index contributed by atoms with van der Waals surface area (Å²) in [5.74, 6) is -0.0769. The SMILES string of the molecule is CC1CC(C)(C)N(C)c2cc(F)c(C#N)cc21. The average molecular weight is 232 g/mol. The molecule has 1 aliphatic rings. The first kappa shape index (κ1) is 11.9. The molecule has 1 heterocycles. The van der Waals surface area contributed by atoms with Crippen molar-refractivity contribution in [2.75, 3.05) is 11.9 Å². The summed E-state index contributed by atoms with van der Waals surface area (Å²) in [7, 11) is 1.98. The molecule has 0 N–H and O–H groups in total. The fraction of sp³-hybridized carbons (Fsp3) is 0.500. The lowest BCUT2D eigenvalue weighted by Crippen LogP contribution is -2.45. The Kier molecular flexibility index (Phi) is 2.61. The highest BCUT2D eigenvalue weighted by molar-refractivity contribution is 5.61. The van der Waals surface area contributed by atoms with Crippen LogP contribution in [0.5, 0.6) is 0 Å². The van der Waals surface area contributed by atoms with Gasteiger partial charge >= 0.3 is 0 Å². The van der Waals surface area contributed by atoms with Gasteiger partial charge in [-0.1, -0.05) is 6.92 Å². The van der Waals surface area contributed by atoms with Gasteiger partial charge in [0.2, 0.25) is 0 Å². The van der Waals surface area contributed by atoms with Crippen molar-refractivity contribution >= 4 is 5.69 Å². The van der Waals surface area contributed by atoms with E-state index in [2.05, 4.69) is 25.7 Å². The Morgan fingerprint density at radius 2 is 2.12 bits per heavy atom. The predicted octanol–water partition coefficient (Wildman–Crippen LogP) is 3.42. The number of rotatable bonds is 0. The summed E-state index contributed by atoms with van der Waals surface area (Å²) in [5, 5.41) is 8.87. The third kappa shape index (κ3) is 1.78. The van der Waals surface area contributed by atoms with Crippen LogP contribution in [-0.2, 0) is 0 Å². The van der Waals surface area contributed by atoms with Crippen LogP contribution in [0.15, 0.2) is 12.1 Å². The van der Waals surface area contributed by atoms with Crippen molar-refractivity contribution in [3.05, 3.63) is 29.1 Å². The number of hydrogen-bond donors (Lipinski definition) is 0. The summed E-state index contributed by atoms with van der Waals surface area (Å²) in [6, 6.07) is 5.09. The van der Waals surface area contributed by atoms with Gasteiger partial charge in [-0.05, 0) is 43.9 Å². The molecule has 1 aliphatic heterocycles. The number of halogens is 1. The maximum Gasteiger partial charge on any atom is 0.143 e. The Morgan fingerprint density at radius 1 is 1.47 bits per heavy atom. The van der Waals surface area contributed by atoms with Crippen LogP contribution < -0.4 is 4.90 Å². The molecule has 0 aromatic heterocycles. The molecule has 0 saturated carbocycles. The van der Waals surface area contributed by atoms with E-state index in [9.17, 15) is 4.39 Å². The first-order valence-corrected chi connectivity index (χ1v) is 5.84. The van der Waals surface area contributed by atoms with Crippen molar-refractivity contribution in [1.82, 2.24) is 0 Å². The fourth-order valence-electron chi connectivity index (χ4n) is 2.67. The van der Waals surface area contributed by atoms with E-state index >= 15 is 0 Å². The van der Waals surface area contributed by atoms with Crippen LogP contribution in [0.1, 0.15) is 44.2 Å². The molecule has 0 fully saturated rings. The third-order valence-corrected chi connectivity index (χ3v) is 3.84. The Balaban J connectivity index is 2.63. The van der Waals surface area contributed by atoms with Crippen LogP contribution in [0.4, 0.5) is 10.1 Å². The number of hydrogen-bond acceptors (Lipinski definition) is 2. The summed E-state index contributed by atoms with van der Waals surface area (Å²) in [6.45, 7) is 6.44. The van der Waals surface area contributed by atoms with Gasteiger partial charge < -0.3 is 4.90 Å². The molecule has 17 heavy (non-hydrogen) atoms. The van der Waals surface area contributed by atoms with Crippen molar-refractivity contribution in [3.8, 4) is 6.07 Å². The molecule has 0 saturated heterocycles. The number of nitriles is 1. The van der Waals surface area contributed by atoms with Crippen molar-refractivity contribution in [2.45, 2.75) is 38.6 Å². The molecule has 1 atom stereocenters. The molecule has 3 heteroatoms. The molecule has 2 nitrogen and oxygen atoms in total. The second kappa shape index (κ2) is 3.73. The Morgan fingerprint density at radius 3 is 2.71 bits per heavy atom. The number of benzene rings is 1. The van der Waals surface area contributed by atoms with Crippen LogP contribution in [0.2, 0.25) is 0 Å². The predicted molar refractivity (Wildman–Crippen MR) is 66.6 cm³/mol. The van der Waals surface area contributed by atoms with E-state index in [1.807, 2.05) is 13.1 Å². The second-order valence-corrected chi connectivity index (χ2v) is 5.48. The quantitative estimate of drug-likeness (QED) is 0.685. The van der Waals surface area contributed by atoms with E-state index in [0.717, 1.165) is 17.7 Å². The zero-order chi connectivity index (χ0) is 12.8. The van der Waals surface area contributed by atoms with Gasteiger partial charge in [-0.2, -0.15) is 5.26 Å². The topological polar surface area (TPSA) is 27.0 Å². The lowest BCUT2D eigenvalue weighted by molar-refractivity contribution is 0.394. The van der Waals surface area contributed by atoms with Gasteiger partial charge in [0.15, 0.2) is 0 Å². The summed E-state index contributed by atoms with van der Waals surface area (Å²) < 4.78 is 13.7. The van der Waals surface area contributed by atoms with E-state index < -0.39 is 5.82 Å². The maximum absolute atomic E-state index is 13.7. The standard InChI is InChI=1S/C14H17FN2/c1-9-7-14(2,3)17(4)13-6-12(15)10(8-16)5-11(9)13/h5-6,9H,7H2,1-4H3. The zero-order valence-corrected chi connectivity index (χ0v) is 10.7. The van der Waals surface area contributed by atoms with Crippen LogP contribution >= 0.6 is 0 Å². The summed E-state index contributed by atoms with van der Waals surface area (Å²) >= 11 is 0. The Hall–Kier alpha value is -1.56. The van der Waals surface area contributed by atoms with Crippen LogP contribution in [-0.4, -0.2) is 12.6 Å². The van der Waals surface area contributed by atoms with Gasteiger partial charge in [-0.15, -0.1) is 0 Å². The summed E-state index contributed by atoms with van der Waals surface area (Å²) in [4.78, 5) is 2.10. The van der Waals surface area contributed by atoms with Gasteiger partial charge in [0.05, 0.1) is 5.56 Å². The Bertz CT molecular complexity index is 500. The Labute approximate surface area is 102 Å². The molecular formula is C14H17FN2. The lowest BCUT2D eigenvalue weighted by atomic mass is 9.80. The minimum Gasteiger partial charge on any atom is -0.369 e. The van der Waals surface area contributed by atoms with Gasteiger partial charge in [0.25, 0.3) is 0 Å². The molecule has 1 unspecified atom stereocenters. The van der Waals surface area contributed by atoms with Crippen LogP contribution in [0.3, 0.4) is 0 Å².